The third-order valence-electron chi connectivity index (χ3n) is 7.12. The highest BCUT2D eigenvalue weighted by Gasteiger charge is 2.15. The zero-order valence-corrected chi connectivity index (χ0v) is 24.2. The number of rotatable bonds is 10. The molecule has 1 aliphatic rings. The van der Waals surface area contributed by atoms with Gasteiger partial charge >= 0.3 is 0 Å². The van der Waals surface area contributed by atoms with Crippen molar-refractivity contribution in [3.63, 3.8) is 0 Å². The van der Waals surface area contributed by atoms with Crippen LogP contribution < -0.4 is 5.32 Å². The number of allylic oxidation sites excluding steroid dienone is 6. The molecule has 1 aromatic carbocycles. The van der Waals surface area contributed by atoms with Crippen LogP contribution in [0.4, 0.5) is 0 Å². The summed E-state index contributed by atoms with van der Waals surface area (Å²) in [5, 5.41) is 3.70. The van der Waals surface area contributed by atoms with Crippen LogP contribution in [0.25, 0.3) is 5.57 Å². The quantitative estimate of drug-likeness (QED) is 0.332. The topological polar surface area (TPSA) is 12.0 Å². The molecule has 0 amide bonds. The van der Waals surface area contributed by atoms with Gasteiger partial charge < -0.3 is 5.32 Å². The highest BCUT2D eigenvalue weighted by Crippen LogP contribution is 2.25. The summed E-state index contributed by atoms with van der Waals surface area (Å²) in [7, 11) is 0. The van der Waals surface area contributed by atoms with E-state index < -0.39 is 0 Å². The first kappa shape index (κ1) is 30.8. The molecule has 0 spiro atoms. The van der Waals surface area contributed by atoms with Gasteiger partial charge in [-0.1, -0.05) is 93.7 Å². The molecule has 194 valence electrons. The summed E-state index contributed by atoms with van der Waals surface area (Å²) in [5.41, 5.74) is 11.8. The van der Waals surface area contributed by atoms with Crippen LogP contribution in [-0.2, 0) is 6.42 Å². The Labute approximate surface area is 218 Å². The van der Waals surface area contributed by atoms with Crippen molar-refractivity contribution in [2.24, 2.45) is 0 Å². The number of unbranched alkanes of at least 4 members (excludes halogenated alkanes) is 1. The van der Waals surface area contributed by atoms with Crippen molar-refractivity contribution in [3.05, 3.63) is 88.2 Å². The molecular weight excluding hydrogens is 422 g/mol. The van der Waals surface area contributed by atoms with Crippen LogP contribution in [0.5, 0.6) is 0 Å². The molecule has 2 rings (SSSR count). The fraction of sp³-hybridized carbons (Fsp3) is 0.529. The molecule has 0 saturated heterocycles. The SMILES string of the molecule is C=C(C)c1ccc(CC)c(C)c1.C=C(NC1CCCCC1)C(/C=C(CCCC)/C(C)=C/C)=C(C)C. The van der Waals surface area contributed by atoms with Gasteiger partial charge in [-0.3, -0.25) is 0 Å². The molecular formula is C34H53N. The normalized spacial score (nSPS) is 14.6. The number of hydrogen-bond donors (Lipinski definition) is 1. The van der Waals surface area contributed by atoms with Gasteiger partial charge in [-0.2, -0.15) is 0 Å². The third kappa shape index (κ3) is 10.9. The molecule has 1 aliphatic carbocycles. The molecule has 1 heteroatoms. The second-order valence-corrected chi connectivity index (χ2v) is 10.4. The Kier molecular flexibility index (Phi) is 14.4. The summed E-state index contributed by atoms with van der Waals surface area (Å²) < 4.78 is 0. The molecule has 1 nitrogen and oxygen atoms in total. The molecule has 1 aromatic rings. The summed E-state index contributed by atoms with van der Waals surface area (Å²) in [5.74, 6) is 0. The van der Waals surface area contributed by atoms with Crippen molar-refractivity contribution < 1.29 is 0 Å². The van der Waals surface area contributed by atoms with Gasteiger partial charge in [0.2, 0.25) is 0 Å². The highest BCUT2D eigenvalue weighted by atomic mass is 14.9. The lowest BCUT2D eigenvalue weighted by Gasteiger charge is -2.26. The first-order valence-corrected chi connectivity index (χ1v) is 13.9. The molecule has 0 atom stereocenters. The van der Waals surface area contributed by atoms with E-state index in [2.05, 4.69) is 97.3 Å². The van der Waals surface area contributed by atoms with Gasteiger partial charge in [-0.15, -0.1) is 0 Å². The maximum absolute atomic E-state index is 4.36. The molecule has 1 fully saturated rings. The standard InChI is InChI=1S/C22H37N.C12H16/c1-7-9-13-20(18(5)8-2)16-22(17(3)4)19(6)23-21-14-11-10-12-15-21;1-5-11-6-7-12(9(2)3)8-10(11)4/h8,16,21,23H,6-7,9-15H2,1-5H3;6-8H,2,5H2,1,3-4H3/b18-8+,20-16+;. The zero-order valence-electron chi connectivity index (χ0n) is 24.2. The molecule has 1 saturated carbocycles. The van der Waals surface area contributed by atoms with Gasteiger partial charge in [0.15, 0.2) is 0 Å². The fourth-order valence-corrected chi connectivity index (χ4v) is 4.57. The van der Waals surface area contributed by atoms with Crippen molar-refractivity contribution >= 4 is 5.57 Å². The Morgan fingerprint density at radius 1 is 1.03 bits per heavy atom. The molecule has 0 unspecified atom stereocenters. The summed E-state index contributed by atoms with van der Waals surface area (Å²) in [4.78, 5) is 0. The van der Waals surface area contributed by atoms with Gasteiger partial charge in [0, 0.05) is 11.7 Å². The lowest BCUT2D eigenvalue weighted by Crippen LogP contribution is -2.30. The van der Waals surface area contributed by atoms with Crippen molar-refractivity contribution in [1.82, 2.24) is 5.32 Å². The van der Waals surface area contributed by atoms with E-state index in [1.807, 2.05) is 6.92 Å². The number of hydrogen-bond acceptors (Lipinski definition) is 1. The van der Waals surface area contributed by atoms with Crippen LogP contribution in [0, 0.1) is 6.92 Å². The van der Waals surface area contributed by atoms with Crippen LogP contribution in [-0.4, -0.2) is 6.04 Å². The smallest absolute Gasteiger partial charge is 0.0342 e. The third-order valence-corrected chi connectivity index (χ3v) is 7.12. The van der Waals surface area contributed by atoms with Crippen LogP contribution in [0.1, 0.15) is 117 Å². The van der Waals surface area contributed by atoms with Crippen LogP contribution in [0.2, 0.25) is 0 Å². The first-order valence-electron chi connectivity index (χ1n) is 13.9. The molecule has 0 heterocycles. The predicted molar refractivity (Wildman–Crippen MR) is 160 cm³/mol. The molecule has 0 aromatic heterocycles. The minimum atomic E-state index is 0.612. The van der Waals surface area contributed by atoms with E-state index in [9.17, 15) is 0 Å². The lowest BCUT2D eigenvalue weighted by molar-refractivity contribution is 0.398. The van der Waals surface area contributed by atoms with Gasteiger partial charge in [-0.05, 0) is 108 Å². The van der Waals surface area contributed by atoms with E-state index >= 15 is 0 Å². The van der Waals surface area contributed by atoms with E-state index in [0.29, 0.717) is 6.04 Å². The summed E-state index contributed by atoms with van der Waals surface area (Å²) >= 11 is 0. The van der Waals surface area contributed by atoms with Crippen LogP contribution in [0.15, 0.2) is 71.5 Å². The Hall–Kier alpha value is -2.28. The van der Waals surface area contributed by atoms with E-state index in [-0.39, 0.29) is 0 Å². The van der Waals surface area contributed by atoms with E-state index in [1.54, 1.807) is 0 Å². The number of benzene rings is 1. The predicted octanol–water partition coefficient (Wildman–Crippen LogP) is 10.4. The molecule has 0 bridgehead atoms. The molecule has 0 radical (unpaired) electrons. The average Bonchev–Trinajstić information content (AvgIpc) is 2.84. The second kappa shape index (κ2) is 16.4. The Balaban J connectivity index is 0.000000427. The van der Waals surface area contributed by atoms with E-state index in [4.69, 9.17) is 0 Å². The Bertz CT molecular complexity index is 912. The van der Waals surface area contributed by atoms with Gasteiger partial charge in [0.05, 0.1) is 0 Å². The molecule has 35 heavy (non-hydrogen) atoms. The van der Waals surface area contributed by atoms with Gasteiger partial charge in [-0.25, -0.2) is 0 Å². The number of aryl methyl sites for hydroxylation is 2. The molecule has 1 N–H and O–H groups in total. The Morgan fingerprint density at radius 2 is 1.69 bits per heavy atom. The summed E-state index contributed by atoms with van der Waals surface area (Å²) in [6, 6.07) is 7.16. The van der Waals surface area contributed by atoms with Crippen molar-refractivity contribution in [2.45, 2.75) is 119 Å². The highest BCUT2D eigenvalue weighted by molar-refractivity contribution is 5.62. The maximum Gasteiger partial charge on any atom is 0.0342 e. The monoisotopic (exact) mass is 475 g/mol. The second-order valence-electron chi connectivity index (χ2n) is 10.4. The summed E-state index contributed by atoms with van der Waals surface area (Å²) in [6.45, 7) is 25.7. The van der Waals surface area contributed by atoms with Gasteiger partial charge in [0.1, 0.15) is 0 Å². The van der Waals surface area contributed by atoms with Crippen molar-refractivity contribution in [2.75, 3.05) is 0 Å². The maximum atomic E-state index is 4.36. The van der Waals surface area contributed by atoms with E-state index in [0.717, 1.165) is 24.1 Å². The number of nitrogens with one attached hydrogen (secondary N) is 1. The summed E-state index contributed by atoms with van der Waals surface area (Å²) in [6.07, 6.45) is 16.0. The molecule has 0 aliphatic heterocycles. The minimum Gasteiger partial charge on any atom is -0.382 e. The van der Waals surface area contributed by atoms with E-state index in [1.165, 1.54) is 83.9 Å². The fourth-order valence-electron chi connectivity index (χ4n) is 4.57. The minimum absolute atomic E-state index is 0.612. The lowest BCUT2D eigenvalue weighted by atomic mass is 9.93. The average molecular weight is 476 g/mol. The zero-order chi connectivity index (χ0) is 26.4. The first-order chi connectivity index (χ1) is 16.6. The Morgan fingerprint density at radius 3 is 2.17 bits per heavy atom. The van der Waals surface area contributed by atoms with Crippen molar-refractivity contribution in [1.29, 1.82) is 0 Å². The van der Waals surface area contributed by atoms with Crippen LogP contribution in [0.3, 0.4) is 0 Å². The largest absolute Gasteiger partial charge is 0.382 e. The van der Waals surface area contributed by atoms with Gasteiger partial charge in [0.25, 0.3) is 0 Å². The van der Waals surface area contributed by atoms with Crippen LogP contribution >= 0.6 is 0 Å². The van der Waals surface area contributed by atoms with Crippen molar-refractivity contribution in [3.8, 4) is 0 Å².